The molecule has 2 aliphatic heterocycles. The van der Waals surface area contributed by atoms with Gasteiger partial charge in [-0.3, -0.25) is 4.79 Å². The number of hydrogen-bond acceptors (Lipinski definition) is 3. The fourth-order valence-electron chi connectivity index (χ4n) is 3.20. The van der Waals surface area contributed by atoms with Gasteiger partial charge < -0.3 is 15.0 Å². The summed E-state index contributed by atoms with van der Waals surface area (Å²) in [5.41, 5.74) is 0. The summed E-state index contributed by atoms with van der Waals surface area (Å²) in [6, 6.07) is 0.451. The monoisotopic (exact) mass is 254 g/mol. The van der Waals surface area contributed by atoms with Gasteiger partial charge in [-0.2, -0.15) is 0 Å². The Labute approximate surface area is 110 Å². The summed E-state index contributed by atoms with van der Waals surface area (Å²) in [6.45, 7) is 3.95. The first-order valence-electron chi connectivity index (χ1n) is 7.33. The number of hydrogen-bond donors (Lipinski definition) is 1. The van der Waals surface area contributed by atoms with E-state index in [9.17, 15) is 4.79 Å². The molecule has 4 heteroatoms. The van der Waals surface area contributed by atoms with Crippen molar-refractivity contribution in [1.82, 2.24) is 10.2 Å². The largest absolute Gasteiger partial charge is 0.380 e. The number of piperidine rings is 1. The Hall–Kier alpha value is -0.610. The lowest BCUT2D eigenvalue weighted by molar-refractivity contribution is -0.137. The van der Waals surface area contributed by atoms with Crippen LogP contribution < -0.4 is 5.32 Å². The Morgan fingerprint density at radius 2 is 2.28 bits per heavy atom. The van der Waals surface area contributed by atoms with Crippen molar-refractivity contribution in [2.75, 3.05) is 20.2 Å². The second-order valence-electron chi connectivity index (χ2n) is 5.52. The lowest BCUT2D eigenvalue weighted by Crippen LogP contribution is -2.50. The predicted octanol–water partition coefficient (Wildman–Crippen LogP) is 1.54. The van der Waals surface area contributed by atoms with Gasteiger partial charge in [0.2, 0.25) is 5.91 Å². The predicted molar refractivity (Wildman–Crippen MR) is 71.5 cm³/mol. The van der Waals surface area contributed by atoms with Gasteiger partial charge in [0.15, 0.2) is 0 Å². The molecule has 2 saturated heterocycles. The van der Waals surface area contributed by atoms with Crippen LogP contribution in [0.4, 0.5) is 0 Å². The molecule has 2 fully saturated rings. The van der Waals surface area contributed by atoms with Crippen LogP contribution in [0.25, 0.3) is 0 Å². The molecule has 3 atom stereocenters. The number of carbonyl (C=O) groups is 1. The highest BCUT2D eigenvalue weighted by Gasteiger charge is 2.35. The van der Waals surface area contributed by atoms with E-state index in [4.69, 9.17) is 4.74 Å². The number of ether oxygens (including phenoxy) is 1. The zero-order chi connectivity index (χ0) is 13.0. The van der Waals surface area contributed by atoms with Crippen molar-refractivity contribution in [2.45, 2.75) is 63.6 Å². The molecule has 104 valence electrons. The molecular formula is C14H26N2O2. The molecular weight excluding hydrogens is 228 g/mol. The van der Waals surface area contributed by atoms with Crippen LogP contribution in [-0.2, 0) is 9.53 Å². The Morgan fingerprint density at radius 1 is 1.44 bits per heavy atom. The highest BCUT2D eigenvalue weighted by molar-refractivity contribution is 5.82. The molecule has 0 spiro atoms. The zero-order valence-electron chi connectivity index (χ0n) is 11.7. The minimum absolute atomic E-state index is 0.0209. The van der Waals surface area contributed by atoms with Gasteiger partial charge in [0.1, 0.15) is 0 Å². The van der Waals surface area contributed by atoms with Crippen molar-refractivity contribution < 1.29 is 9.53 Å². The lowest BCUT2D eigenvalue weighted by atomic mass is 9.97. The second kappa shape index (κ2) is 6.53. The molecule has 2 rings (SSSR count). The number of rotatable bonds is 4. The van der Waals surface area contributed by atoms with Crippen LogP contribution in [0.3, 0.4) is 0 Å². The Kier molecular flexibility index (Phi) is 5.01. The summed E-state index contributed by atoms with van der Waals surface area (Å²) in [6.07, 6.45) is 6.94. The average Bonchev–Trinajstić information content (AvgIpc) is 2.88. The molecule has 0 bridgehead atoms. The molecule has 1 amide bonds. The average molecular weight is 254 g/mol. The second-order valence-corrected chi connectivity index (χ2v) is 5.52. The molecule has 3 unspecified atom stereocenters. The Bertz CT molecular complexity index is 281. The smallest absolute Gasteiger partial charge is 0.240 e. The van der Waals surface area contributed by atoms with Crippen molar-refractivity contribution in [3.8, 4) is 0 Å². The topological polar surface area (TPSA) is 41.6 Å². The molecule has 0 saturated carbocycles. The molecule has 2 heterocycles. The summed E-state index contributed by atoms with van der Waals surface area (Å²) >= 11 is 0. The number of methoxy groups -OCH3 is 1. The molecule has 0 aromatic rings. The molecule has 1 N–H and O–H groups in total. The van der Waals surface area contributed by atoms with Crippen LogP contribution in [0.5, 0.6) is 0 Å². The highest BCUT2D eigenvalue weighted by Crippen LogP contribution is 2.23. The van der Waals surface area contributed by atoms with Gasteiger partial charge in [-0.1, -0.05) is 13.3 Å². The molecule has 0 aromatic heterocycles. The first-order valence-corrected chi connectivity index (χ1v) is 7.33. The minimum Gasteiger partial charge on any atom is -0.380 e. The molecule has 0 radical (unpaired) electrons. The van der Waals surface area contributed by atoms with Crippen molar-refractivity contribution in [3.63, 3.8) is 0 Å². The lowest BCUT2D eigenvalue weighted by Gasteiger charge is -2.37. The molecule has 2 aliphatic rings. The fourth-order valence-corrected chi connectivity index (χ4v) is 3.20. The first kappa shape index (κ1) is 13.8. The molecule has 0 aliphatic carbocycles. The highest BCUT2D eigenvalue weighted by atomic mass is 16.5. The summed E-state index contributed by atoms with van der Waals surface area (Å²) in [5.74, 6) is 0.299. The number of nitrogens with zero attached hydrogens (tertiary/aromatic N) is 1. The standard InChI is InChI=1S/C14H26N2O2/c1-3-6-11-7-4-5-8-16(11)14(17)13-9-12(18-2)10-15-13/h11-13,15H,3-10H2,1-2H3. The van der Waals surface area contributed by atoms with Gasteiger partial charge in [-0.15, -0.1) is 0 Å². The van der Waals surface area contributed by atoms with Crippen LogP contribution in [0.15, 0.2) is 0 Å². The fraction of sp³-hybridized carbons (Fsp3) is 0.929. The van der Waals surface area contributed by atoms with E-state index in [0.717, 1.165) is 38.8 Å². The maximum atomic E-state index is 12.6. The quantitative estimate of drug-likeness (QED) is 0.827. The van der Waals surface area contributed by atoms with Crippen molar-refractivity contribution in [1.29, 1.82) is 0 Å². The zero-order valence-corrected chi connectivity index (χ0v) is 11.7. The van der Waals surface area contributed by atoms with Gasteiger partial charge in [0, 0.05) is 26.2 Å². The van der Waals surface area contributed by atoms with Gasteiger partial charge in [0.25, 0.3) is 0 Å². The third-order valence-electron chi connectivity index (χ3n) is 4.25. The Morgan fingerprint density at radius 3 is 2.94 bits per heavy atom. The van der Waals surface area contributed by atoms with Gasteiger partial charge in [-0.05, 0) is 32.1 Å². The minimum atomic E-state index is -0.0209. The van der Waals surface area contributed by atoms with Gasteiger partial charge >= 0.3 is 0 Å². The van der Waals surface area contributed by atoms with E-state index in [1.54, 1.807) is 7.11 Å². The van der Waals surface area contributed by atoms with E-state index in [-0.39, 0.29) is 12.1 Å². The van der Waals surface area contributed by atoms with Crippen LogP contribution in [0, 0.1) is 0 Å². The van der Waals surface area contributed by atoms with Crippen LogP contribution in [-0.4, -0.2) is 49.2 Å². The number of nitrogens with one attached hydrogen (secondary N) is 1. The van der Waals surface area contributed by atoms with Gasteiger partial charge in [-0.25, -0.2) is 0 Å². The number of likely N-dealkylation sites (tertiary alicyclic amines) is 1. The number of amides is 1. The molecule has 0 aromatic carbocycles. The normalized spacial score (nSPS) is 32.8. The molecule has 18 heavy (non-hydrogen) atoms. The molecule has 4 nitrogen and oxygen atoms in total. The third-order valence-corrected chi connectivity index (χ3v) is 4.25. The summed E-state index contributed by atoms with van der Waals surface area (Å²) in [7, 11) is 1.72. The van der Waals surface area contributed by atoms with E-state index < -0.39 is 0 Å². The summed E-state index contributed by atoms with van der Waals surface area (Å²) in [4.78, 5) is 14.7. The SMILES string of the molecule is CCCC1CCCCN1C(=O)C1CC(OC)CN1. The van der Waals surface area contributed by atoms with Crippen LogP contribution in [0.2, 0.25) is 0 Å². The first-order chi connectivity index (χ1) is 8.76. The van der Waals surface area contributed by atoms with Crippen molar-refractivity contribution in [2.24, 2.45) is 0 Å². The summed E-state index contributed by atoms with van der Waals surface area (Å²) < 4.78 is 5.32. The van der Waals surface area contributed by atoms with E-state index >= 15 is 0 Å². The van der Waals surface area contributed by atoms with Crippen LogP contribution >= 0.6 is 0 Å². The Balaban J connectivity index is 1.93. The van der Waals surface area contributed by atoms with E-state index in [1.165, 1.54) is 12.8 Å². The van der Waals surface area contributed by atoms with E-state index in [2.05, 4.69) is 17.1 Å². The van der Waals surface area contributed by atoms with E-state index in [1.807, 2.05) is 0 Å². The van der Waals surface area contributed by atoms with Gasteiger partial charge in [0.05, 0.1) is 12.1 Å². The van der Waals surface area contributed by atoms with E-state index in [0.29, 0.717) is 11.9 Å². The number of carbonyl (C=O) groups excluding carboxylic acids is 1. The summed E-state index contributed by atoms with van der Waals surface area (Å²) in [5, 5.41) is 3.30. The van der Waals surface area contributed by atoms with Crippen molar-refractivity contribution in [3.05, 3.63) is 0 Å². The maximum absolute atomic E-state index is 12.6. The van der Waals surface area contributed by atoms with Crippen LogP contribution in [0.1, 0.15) is 45.4 Å². The van der Waals surface area contributed by atoms with Crippen molar-refractivity contribution >= 4 is 5.91 Å². The maximum Gasteiger partial charge on any atom is 0.240 e. The third kappa shape index (κ3) is 3.04.